The number of aromatic nitrogens is 1. The Morgan fingerprint density at radius 3 is 2.41 bits per heavy atom. The number of fused-ring (bicyclic) bond motifs is 1. The van der Waals surface area contributed by atoms with Crippen LogP contribution >= 0.6 is 0 Å². The molecule has 4 rings (SSSR count). The van der Waals surface area contributed by atoms with Crippen molar-refractivity contribution in [3.63, 3.8) is 0 Å². The van der Waals surface area contributed by atoms with E-state index in [4.69, 9.17) is 0 Å². The van der Waals surface area contributed by atoms with E-state index in [1.54, 1.807) is 18.2 Å². The Morgan fingerprint density at radius 1 is 0.963 bits per heavy atom. The van der Waals surface area contributed by atoms with Crippen LogP contribution in [-0.4, -0.2) is 28.9 Å². The van der Waals surface area contributed by atoms with Gasteiger partial charge in [-0.1, -0.05) is 0 Å². The van der Waals surface area contributed by atoms with Gasteiger partial charge in [-0.05, 0) is 61.7 Å². The minimum atomic E-state index is -0.408. The number of rotatable bonds is 3. The molecule has 2 aromatic carbocycles. The highest BCUT2D eigenvalue weighted by Crippen LogP contribution is 2.31. The molecule has 0 bridgehead atoms. The van der Waals surface area contributed by atoms with Crippen molar-refractivity contribution in [3.8, 4) is 0 Å². The largest absolute Gasteiger partial charge is 0.354 e. The molecule has 6 heteroatoms. The maximum Gasteiger partial charge on any atom is 0.257 e. The zero-order valence-corrected chi connectivity index (χ0v) is 14.7. The van der Waals surface area contributed by atoms with Gasteiger partial charge in [0, 0.05) is 30.4 Å². The summed E-state index contributed by atoms with van der Waals surface area (Å²) in [5.41, 5.74) is 2.07. The van der Waals surface area contributed by atoms with E-state index in [1.165, 1.54) is 30.5 Å². The van der Waals surface area contributed by atoms with E-state index in [1.807, 2.05) is 4.90 Å². The molecule has 0 radical (unpaired) electrons. The monoisotopic (exact) mass is 367 g/mol. The number of piperidine rings is 1. The van der Waals surface area contributed by atoms with E-state index < -0.39 is 5.82 Å². The molecule has 0 saturated carbocycles. The van der Waals surface area contributed by atoms with Crippen molar-refractivity contribution in [1.82, 2.24) is 9.88 Å². The van der Waals surface area contributed by atoms with Gasteiger partial charge >= 0.3 is 0 Å². The Bertz CT molecular complexity index is 983. The molecule has 2 heterocycles. The fourth-order valence-corrected chi connectivity index (χ4v) is 3.41. The van der Waals surface area contributed by atoms with E-state index >= 15 is 0 Å². The number of benzene rings is 2. The van der Waals surface area contributed by atoms with Crippen LogP contribution in [-0.2, 0) is 0 Å². The van der Waals surface area contributed by atoms with Crippen LogP contribution in [0.4, 0.5) is 20.2 Å². The second-order valence-electron chi connectivity index (χ2n) is 6.69. The van der Waals surface area contributed by atoms with E-state index in [0.29, 0.717) is 40.9 Å². The molecule has 1 aromatic heterocycles. The third-order valence-corrected chi connectivity index (χ3v) is 4.82. The van der Waals surface area contributed by atoms with Crippen molar-refractivity contribution in [2.24, 2.45) is 0 Å². The topological polar surface area (TPSA) is 45.2 Å². The summed E-state index contributed by atoms with van der Waals surface area (Å²) >= 11 is 0. The van der Waals surface area contributed by atoms with Gasteiger partial charge < -0.3 is 10.2 Å². The first-order valence-electron chi connectivity index (χ1n) is 9.02. The normalized spacial score (nSPS) is 14.4. The summed E-state index contributed by atoms with van der Waals surface area (Å²) < 4.78 is 27.1. The minimum absolute atomic E-state index is 0.127. The number of nitrogens with one attached hydrogen (secondary N) is 1. The summed E-state index contributed by atoms with van der Waals surface area (Å²) in [4.78, 5) is 19.2. The van der Waals surface area contributed by atoms with Crippen molar-refractivity contribution in [2.75, 3.05) is 18.4 Å². The van der Waals surface area contributed by atoms with Gasteiger partial charge in [0.25, 0.3) is 5.91 Å². The van der Waals surface area contributed by atoms with Crippen molar-refractivity contribution in [1.29, 1.82) is 0 Å². The van der Waals surface area contributed by atoms with Crippen LogP contribution in [0.5, 0.6) is 0 Å². The summed E-state index contributed by atoms with van der Waals surface area (Å²) in [5, 5.41) is 3.69. The van der Waals surface area contributed by atoms with E-state index in [0.717, 1.165) is 19.3 Å². The fraction of sp³-hybridized carbons (Fsp3) is 0.238. The van der Waals surface area contributed by atoms with E-state index in [9.17, 15) is 13.6 Å². The van der Waals surface area contributed by atoms with Crippen LogP contribution in [0.2, 0.25) is 0 Å². The molecule has 4 nitrogen and oxygen atoms in total. The summed E-state index contributed by atoms with van der Waals surface area (Å²) in [7, 11) is 0. The number of pyridine rings is 1. The molecule has 138 valence electrons. The van der Waals surface area contributed by atoms with Crippen LogP contribution in [0.3, 0.4) is 0 Å². The van der Waals surface area contributed by atoms with Crippen LogP contribution in [0.1, 0.15) is 29.6 Å². The lowest BCUT2D eigenvalue weighted by Gasteiger charge is -2.27. The molecule has 0 atom stereocenters. The van der Waals surface area contributed by atoms with Crippen LogP contribution < -0.4 is 5.32 Å². The second-order valence-corrected chi connectivity index (χ2v) is 6.69. The Balaban J connectivity index is 1.81. The molecule has 1 aliphatic heterocycles. The number of carbonyl (C=O) groups is 1. The van der Waals surface area contributed by atoms with Crippen molar-refractivity contribution < 1.29 is 13.6 Å². The maximum absolute atomic E-state index is 13.9. The number of halogens is 2. The van der Waals surface area contributed by atoms with Gasteiger partial charge in [0.15, 0.2) is 0 Å². The van der Waals surface area contributed by atoms with Crippen molar-refractivity contribution in [2.45, 2.75) is 19.3 Å². The van der Waals surface area contributed by atoms with Gasteiger partial charge in [-0.3, -0.25) is 9.78 Å². The number of likely N-dealkylation sites (tertiary alicyclic amines) is 1. The average molecular weight is 367 g/mol. The molecule has 27 heavy (non-hydrogen) atoms. The van der Waals surface area contributed by atoms with Crippen LogP contribution in [0.25, 0.3) is 10.9 Å². The number of hydrogen-bond acceptors (Lipinski definition) is 3. The Morgan fingerprint density at radius 2 is 1.67 bits per heavy atom. The first-order valence-corrected chi connectivity index (χ1v) is 9.02. The zero-order valence-electron chi connectivity index (χ0n) is 14.7. The highest BCUT2D eigenvalue weighted by Gasteiger charge is 2.23. The van der Waals surface area contributed by atoms with Gasteiger partial charge in [-0.15, -0.1) is 0 Å². The second kappa shape index (κ2) is 7.31. The number of nitrogens with zero attached hydrogens (tertiary/aromatic N) is 2. The summed E-state index contributed by atoms with van der Waals surface area (Å²) in [6.07, 6.45) is 4.60. The fourth-order valence-electron chi connectivity index (χ4n) is 3.41. The lowest BCUT2D eigenvalue weighted by molar-refractivity contribution is 0.0725. The maximum atomic E-state index is 13.9. The van der Waals surface area contributed by atoms with Gasteiger partial charge in [0.1, 0.15) is 11.6 Å². The van der Waals surface area contributed by atoms with Crippen LogP contribution in [0.15, 0.2) is 48.7 Å². The Labute approximate surface area is 155 Å². The van der Waals surface area contributed by atoms with Crippen molar-refractivity contribution >= 4 is 28.2 Å². The molecule has 1 saturated heterocycles. The molecule has 1 N–H and O–H groups in total. The van der Waals surface area contributed by atoms with Crippen LogP contribution in [0, 0.1) is 11.6 Å². The lowest BCUT2D eigenvalue weighted by atomic mass is 10.1. The van der Waals surface area contributed by atoms with Crippen molar-refractivity contribution in [3.05, 3.63) is 65.9 Å². The minimum Gasteiger partial charge on any atom is -0.354 e. The predicted octanol–water partition coefficient (Wildman–Crippen LogP) is 4.88. The van der Waals surface area contributed by atoms with Gasteiger partial charge in [0.2, 0.25) is 0 Å². The number of hydrogen-bond donors (Lipinski definition) is 1. The van der Waals surface area contributed by atoms with E-state index in [2.05, 4.69) is 10.3 Å². The molecule has 1 fully saturated rings. The number of amides is 1. The molecule has 0 aliphatic carbocycles. The zero-order chi connectivity index (χ0) is 18.8. The molecular weight excluding hydrogens is 348 g/mol. The first-order chi connectivity index (χ1) is 13.1. The summed E-state index contributed by atoms with van der Waals surface area (Å²) in [5.74, 6) is -0.886. The standard InChI is InChI=1S/C21H19F2N3O/c22-14-4-7-16(8-5-14)25-20-17-12-15(23)6-9-19(17)24-13-18(20)21(27)26-10-2-1-3-11-26/h4-9,12-13H,1-3,10-11H2,(H,24,25). The van der Waals surface area contributed by atoms with Gasteiger partial charge in [0.05, 0.1) is 16.8 Å². The Hall–Kier alpha value is -3.02. The third kappa shape index (κ3) is 3.60. The summed E-state index contributed by atoms with van der Waals surface area (Å²) in [6, 6.07) is 10.1. The van der Waals surface area contributed by atoms with Gasteiger partial charge in [-0.2, -0.15) is 0 Å². The molecular formula is C21H19F2N3O. The first kappa shape index (κ1) is 17.4. The average Bonchev–Trinajstić information content (AvgIpc) is 2.70. The Kier molecular flexibility index (Phi) is 4.71. The summed E-state index contributed by atoms with van der Waals surface area (Å²) in [6.45, 7) is 1.41. The van der Waals surface area contributed by atoms with Gasteiger partial charge in [-0.25, -0.2) is 8.78 Å². The molecule has 3 aromatic rings. The third-order valence-electron chi connectivity index (χ3n) is 4.82. The smallest absolute Gasteiger partial charge is 0.257 e. The molecule has 1 amide bonds. The van der Waals surface area contributed by atoms with E-state index in [-0.39, 0.29) is 11.7 Å². The highest BCUT2D eigenvalue weighted by atomic mass is 19.1. The predicted molar refractivity (Wildman–Crippen MR) is 101 cm³/mol. The molecule has 1 aliphatic rings. The lowest BCUT2D eigenvalue weighted by Crippen LogP contribution is -2.36. The highest BCUT2D eigenvalue weighted by molar-refractivity contribution is 6.08. The quantitative estimate of drug-likeness (QED) is 0.717. The molecule has 0 unspecified atom stereocenters. The number of anilines is 2. The SMILES string of the molecule is O=C(c1cnc2ccc(F)cc2c1Nc1ccc(F)cc1)N1CCCCC1. The molecule has 0 spiro atoms. The number of carbonyl (C=O) groups excluding carboxylic acids is 1.